The molecule has 1 atom stereocenters. The van der Waals surface area contributed by atoms with Crippen LogP contribution in [0.15, 0.2) is 48.5 Å². The number of amides is 1. The van der Waals surface area contributed by atoms with Crippen molar-refractivity contribution < 1.29 is 4.79 Å². The molecule has 1 heterocycles. The molecule has 0 bridgehead atoms. The van der Waals surface area contributed by atoms with Crippen molar-refractivity contribution in [1.29, 1.82) is 0 Å². The van der Waals surface area contributed by atoms with E-state index in [2.05, 4.69) is 22.3 Å². The van der Waals surface area contributed by atoms with Crippen LogP contribution < -0.4 is 5.32 Å². The Morgan fingerprint density at radius 2 is 1.88 bits per heavy atom. The molecule has 138 valence electrons. The molecular formula is C21H24Cl2N2O. The molecule has 3 rings (SSSR count). The maximum absolute atomic E-state index is 12.5. The summed E-state index contributed by atoms with van der Waals surface area (Å²) in [6.07, 6.45) is 2.86. The monoisotopic (exact) mass is 390 g/mol. The van der Waals surface area contributed by atoms with Crippen molar-refractivity contribution in [3.8, 4) is 0 Å². The number of hydrogen-bond donors (Lipinski definition) is 1. The first-order chi connectivity index (χ1) is 12.6. The molecule has 1 fully saturated rings. The normalized spacial score (nSPS) is 17.8. The van der Waals surface area contributed by atoms with Gasteiger partial charge in [0.2, 0.25) is 5.91 Å². The predicted octanol–water partition coefficient (Wildman–Crippen LogP) is 4.56. The molecule has 1 saturated heterocycles. The molecule has 0 aliphatic carbocycles. The zero-order chi connectivity index (χ0) is 18.4. The van der Waals surface area contributed by atoms with Crippen molar-refractivity contribution >= 4 is 29.1 Å². The Labute approximate surface area is 165 Å². The average Bonchev–Trinajstić information content (AvgIpc) is 2.66. The van der Waals surface area contributed by atoms with Gasteiger partial charge in [-0.2, -0.15) is 0 Å². The molecule has 26 heavy (non-hydrogen) atoms. The highest BCUT2D eigenvalue weighted by Crippen LogP contribution is 2.25. The molecule has 3 nitrogen and oxygen atoms in total. The average molecular weight is 391 g/mol. The second-order valence-corrected chi connectivity index (χ2v) is 7.66. The number of benzene rings is 2. The van der Waals surface area contributed by atoms with Crippen molar-refractivity contribution in [1.82, 2.24) is 10.2 Å². The van der Waals surface area contributed by atoms with E-state index in [4.69, 9.17) is 23.2 Å². The van der Waals surface area contributed by atoms with Crippen molar-refractivity contribution in [3.63, 3.8) is 0 Å². The fraction of sp³-hybridized carbons (Fsp3) is 0.381. The molecule has 1 N–H and O–H groups in total. The third-order valence-electron chi connectivity index (χ3n) is 4.82. The van der Waals surface area contributed by atoms with Crippen LogP contribution in [-0.2, 0) is 17.8 Å². The van der Waals surface area contributed by atoms with Gasteiger partial charge < -0.3 is 5.32 Å². The molecular weight excluding hydrogens is 367 g/mol. The van der Waals surface area contributed by atoms with Gasteiger partial charge in [-0.1, -0.05) is 59.6 Å². The lowest BCUT2D eigenvalue weighted by Crippen LogP contribution is -2.43. The van der Waals surface area contributed by atoms with E-state index in [1.807, 2.05) is 36.4 Å². The second-order valence-electron chi connectivity index (χ2n) is 6.85. The summed E-state index contributed by atoms with van der Waals surface area (Å²) >= 11 is 12.1. The number of hydrogen-bond acceptors (Lipinski definition) is 2. The Balaban J connectivity index is 1.47. The van der Waals surface area contributed by atoms with E-state index in [1.54, 1.807) is 0 Å². The number of rotatable bonds is 6. The summed E-state index contributed by atoms with van der Waals surface area (Å²) in [6, 6.07) is 16.0. The Kier molecular flexibility index (Phi) is 6.95. The maximum atomic E-state index is 12.5. The van der Waals surface area contributed by atoms with Gasteiger partial charge >= 0.3 is 0 Å². The van der Waals surface area contributed by atoms with Crippen molar-refractivity contribution in [2.45, 2.75) is 25.8 Å². The first-order valence-electron chi connectivity index (χ1n) is 9.10. The lowest BCUT2D eigenvalue weighted by atomic mass is 9.96. The number of likely N-dealkylation sites (tertiary alicyclic amines) is 1. The molecule has 2 aromatic rings. The van der Waals surface area contributed by atoms with E-state index in [0.717, 1.165) is 44.5 Å². The minimum absolute atomic E-state index is 0.0577. The number of nitrogens with zero attached hydrogens (tertiary/aromatic N) is 1. The quantitative estimate of drug-likeness (QED) is 0.783. The van der Waals surface area contributed by atoms with Crippen LogP contribution in [0.5, 0.6) is 0 Å². The Hall–Kier alpha value is -1.55. The highest BCUT2D eigenvalue weighted by Gasteiger charge is 2.25. The largest absolute Gasteiger partial charge is 0.355 e. The van der Waals surface area contributed by atoms with E-state index in [0.29, 0.717) is 16.6 Å². The molecule has 1 amide bonds. The van der Waals surface area contributed by atoms with Crippen LogP contribution in [0, 0.1) is 5.92 Å². The zero-order valence-corrected chi connectivity index (χ0v) is 16.3. The standard InChI is InChI=1S/C21H24Cl2N2O/c22-19-9-8-17(13-20(19)23)14-25-12-4-7-18(15-25)21(26)24-11-10-16-5-2-1-3-6-16/h1-3,5-6,8-9,13,18H,4,7,10-12,14-15H2,(H,24,26). The van der Waals surface area contributed by atoms with Gasteiger partial charge in [0.1, 0.15) is 0 Å². The SMILES string of the molecule is O=C(NCCc1ccccc1)C1CCCN(Cc2ccc(Cl)c(Cl)c2)C1. The van der Waals surface area contributed by atoms with Gasteiger partial charge in [-0.15, -0.1) is 0 Å². The topological polar surface area (TPSA) is 32.3 Å². The zero-order valence-electron chi connectivity index (χ0n) is 14.8. The van der Waals surface area contributed by atoms with Gasteiger partial charge in [-0.3, -0.25) is 9.69 Å². The Morgan fingerprint density at radius 3 is 2.65 bits per heavy atom. The van der Waals surface area contributed by atoms with E-state index in [-0.39, 0.29) is 11.8 Å². The van der Waals surface area contributed by atoms with Crippen LogP contribution in [0.3, 0.4) is 0 Å². The maximum Gasteiger partial charge on any atom is 0.224 e. The van der Waals surface area contributed by atoms with Crippen molar-refractivity contribution in [2.24, 2.45) is 5.92 Å². The molecule has 0 aromatic heterocycles. The highest BCUT2D eigenvalue weighted by atomic mass is 35.5. The molecule has 2 aromatic carbocycles. The number of carbonyl (C=O) groups is 1. The van der Waals surface area contributed by atoms with Crippen LogP contribution in [0.4, 0.5) is 0 Å². The van der Waals surface area contributed by atoms with Gasteiger partial charge in [0.15, 0.2) is 0 Å². The highest BCUT2D eigenvalue weighted by molar-refractivity contribution is 6.42. The van der Waals surface area contributed by atoms with Crippen LogP contribution in [0.2, 0.25) is 10.0 Å². The third-order valence-corrected chi connectivity index (χ3v) is 5.56. The lowest BCUT2D eigenvalue weighted by molar-refractivity contribution is -0.126. The fourth-order valence-electron chi connectivity index (χ4n) is 3.43. The second kappa shape index (κ2) is 9.40. The summed E-state index contributed by atoms with van der Waals surface area (Å²) in [5, 5.41) is 4.25. The van der Waals surface area contributed by atoms with Gasteiger partial charge in [0.25, 0.3) is 0 Å². The first kappa shape index (κ1) is 19.2. The number of halogens is 2. The summed E-state index contributed by atoms with van der Waals surface area (Å²) in [6.45, 7) is 3.28. The minimum Gasteiger partial charge on any atom is -0.355 e. The molecule has 0 radical (unpaired) electrons. The van der Waals surface area contributed by atoms with Crippen LogP contribution in [-0.4, -0.2) is 30.4 Å². The van der Waals surface area contributed by atoms with Crippen LogP contribution in [0.1, 0.15) is 24.0 Å². The van der Waals surface area contributed by atoms with Gasteiger partial charge in [0.05, 0.1) is 16.0 Å². The molecule has 1 aliphatic heterocycles. The summed E-state index contributed by atoms with van der Waals surface area (Å²) in [5.41, 5.74) is 2.38. The van der Waals surface area contributed by atoms with Crippen LogP contribution >= 0.6 is 23.2 Å². The molecule has 0 saturated carbocycles. The fourth-order valence-corrected chi connectivity index (χ4v) is 3.75. The summed E-state index contributed by atoms with van der Waals surface area (Å²) in [4.78, 5) is 14.8. The van der Waals surface area contributed by atoms with E-state index >= 15 is 0 Å². The Bertz CT molecular complexity index is 736. The summed E-state index contributed by atoms with van der Waals surface area (Å²) < 4.78 is 0. The van der Waals surface area contributed by atoms with Gasteiger partial charge in [-0.25, -0.2) is 0 Å². The van der Waals surface area contributed by atoms with E-state index in [9.17, 15) is 4.79 Å². The van der Waals surface area contributed by atoms with Crippen molar-refractivity contribution in [3.05, 3.63) is 69.7 Å². The van der Waals surface area contributed by atoms with Gasteiger partial charge in [0, 0.05) is 19.6 Å². The molecule has 1 unspecified atom stereocenters. The smallest absolute Gasteiger partial charge is 0.224 e. The minimum atomic E-state index is 0.0577. The molecule has 1 aliphatic rings. The lowest BCUT2D eigenvalue weighted by Gasteiger charge is -2.32. The van der Waals surface area contributed by atoms with Crippen molar-refractivity contribution in [2.75, 3.05) is 19.6 Å². The van der Waals surface area contributed by atoms with E-state index < -0.39 is 0 Å². The first-order valence-corrected chi connectivity index (χ1v) is 9.85. The van der Waals surface area contributed by atoms with Gasteiger partial charge in [-0.05, 0) is 49.1 Å². The summed E-state index contributed by atoms with van der Waals surface area (Å²) in [5.74, 6) is 0.224. The third kappa shape index (κ3) is 5.47. The number of carbonyl (C=O) groups excluding carboxylic acids is 1. The molecule has 0 spiro atoms. The number of piperidine rings is 1. The van der Waals surface area contributed by atoms with Crippen LogP contribution in [0.25, 0.3) is 0 Å². The molecule has 5 heteroatoms. The summed E-state index contributed by atoms with van der Waals surface area (Å²) in [7, 11) is 0. The number of nitrogens with one attached hydrogen (secondary N) is 1. The Morgan fingerprint density at radius 1 is 1.08 bits per heavy atom. The predicted molar refractivity (Wildman–Crippen MR) is 108 cm³/mol. The van der Waals surface area contributed by atoms with E-state index in [1.165, 1.54) is 5.56 Å².